The first-order chi connectivity index (χ1) is 9.78. The summed E-state index contributed by atoms with van der Waals surface area (Å²) in [5, 5.41) is 2.76. The summed E-state index contributed by atoms with van der Waals surface area (Å²) in [6.07, 6.45) is 1.66. The first-order valence-electron chi connectivity index (χ1n) is 6.21. The number of nitrogens with zero attached hydrogens (tertiary/aromatic N) is 1. The molecule has 2 rings (SSSR count). The number of aromatic nitrogens is 1. The maximum Gasteiger partial charge on any atom is 0.258 e. The molecule has 0 bridgehead atoms. The summed E-state index contributed by atoms with van der Waals surface area (Å²) < 4.78 is 10.3. The standard InChI is InChI=1S/C15H16N2O3/c1-19-15-8-7-12(10-17-15)9-16-14(18)11-20-13-5-3-2-4-6-13/h2-8,10H,9,11H2,1H3,(H,16,18). The summed E-state index contributed by atoms with van der Waals surface area (Å²) in [5.74, 6) is 1.05. The highest BCUT2D eigenvalue weighted by molar-refractivity contribution is 5.77. The highest BCUT2D eigenvalue weighted by atomic mass is 16.5. The van der Waals surface area contributed by atoms with Gasteiger partial charge in [-0.3, -0.25) is 4.79 Å². The van der Waals surface area contributed by atoms with Gasteiger partial charge < -0.3 is 14.8 Å². The number of para-hydroxylation sites is 1. The SMILES string of the molecule is COc1ccc(CNC(=O)COc2ccccc2)cn1. The van der Waals surface area contributed by atoms with Gasteiger partial charge >= 0.3 is 0 Å². The maximum atomic E-state index is 11.6. The minimum Gasteiger partial charge on any atom is -0.484 e. The zero-order valence-corrected chi connectivity index (χ0v) is 11.2. The van der Waals surface area contributed by atoms with E-state index >= 15 is 0 Å². The van der Waals surface area contributed by atoms with Crippen LogP contribution in [0.25, 0.3) is 0 Å². The number of nitrogens with one attached hydrogen (secondary N) is 1. The average Bonchev–Trinajstić information content (AvgIpc) is 2.52. The van der Waals surface area contributed by atoms with Crippen LogP contribution in [0.2, 0.25) is 0 Å². The topological polar surface area (TPSA) is 60.5 Å². The Labute approximate surface area is 117 Å². The Kier molecular flexibility index (Phi) is 4.94. The molecule has 0 saturated carbocycles. The minimum atomic E-state index is -0.176. The van der Waals surface area contributed by atoms with Crippen molar-refractivity contribution in [2.24, 2.45) is 0 Å². The molecule has 1 heterocycles. The molecule has 0 saturated heterocycles. The smallest absolute Gasteiger partial charge is 0.258 e. The van der Waals surface area contributed by atoms with Crippen molar-refractivity contribution < 1.29 is 14.3 Å². The van der Waals surface area contributed by atoms with Gasteiger partial charge in [0.05, 0.1) is 7.11 Å². The number of amides is 1. The van der Waals surface area contributed by atoms with Gasteiger partial charge in [0.25, 0.3) is 5.91 Å². The minimum absolute atomic E-state index is 0.00635. The zero-order chi connectivity index (χ0) is 14.2. The van der Waals surface area contributed by atoms with Crippen molar-refractivity contribution in [3.05, 3.63) is 54.2 Å². The predicted octanol–water partition coefficient (Wildman–Crippen LogP) is 1.79. The van der Waals surface area contributed by atoms with E-state index in [1.165, 1.54) is 0 Å². The second-order valence-corrected chi connectivity index (χ2v) is 4.09. The van der Waals surface area contributed by atoms with E-state index in [0.717, 1.165) is 5.56 Å². The number of pyridine rings is 1. The molecule has 0 fully saturated rings. The number of methoxy groups -OCH3 is 1. The number of hydrogen-bond acceptors (Lipinski definition) is 4. The van der Waals surface area contributed by atoms with E-state index in [9.17, 15) is 4.79 Å². The summed E-state index contributed by atoms with van der Waals surface area (Å²) in [7, 11) is 1.56. The van der Waals surface area contributed by atoms with Gasteiger partial charge in [-0.15, -0.1) is 0 Å². The zero-order valence-electron chi connectivity index (χ0n) is 11.2. The second kappa shape index (κ2) is 7.13. The molecule has 0 spiro atoms. The Morgan fingerprint density at radius 2 is 2.00 bits per heavy atom. The van der Waals surface area contributed by atoms with Gasteiger partial charge in [0.1, 0.15) is 5.75 Å². The first-order valence-corrected chi connectivity index (χ1v) is 6.21. The third-order valence-corrected chi connectivity index (χ3v) is 2.61. The molecule has 5 heteroatoms. The third kappa shape index (κ3) is 4.28. The number of benzene rings is 1. The van der Waals surface area contributed by atoms with Crippen molar-refractivity contribution >= 4 is 5.91 Å². The normalized spacial score (nSPS) is 9.85. The average molecular weight is 272 g/mol. The molecule has 104 valence electrons. The Bertz CT molecular complexity index is 541. The number of ether oxygens (including phenoxy) is 2. The van der Waals surface area contributed by atoms with Gasteiger partial charge in [0.2, 0.25) is 5.88 Å². The van der Waals surface area contributed by atoms with Gasteiger partial charge in [0, 0.05) is 18.8 Å². The van der Waals surface area contributed by atoms with E-state index in [1.54, 1.807) is 31.5 Å². The van der Waals surface area contributed by atoms with Crippen molar-refractivity contribution in [3.8, 4) is 11.6 Å². The second-order valence-electron chi connectivity index (χ2n) is 4.09. The van der Waals surface area contributed by atoms with E-state index in [2.05, 4.69) is 10.3 Å². The van der Waals surface area contributed by atoms with E-state index in [-0.39, 0.29) is 12.5 Å². The molecular weight excluding hydrogens is 256 g/mol. The Morgan fingerprint density at radius 3 is 2.65 bits per heavy atom. The summed E-state index contributed by atoms with van der Waals surface area (Å²) in [6, 6.07) is 12.8. The number of hydrogen-bond donors (Lipinski definition) is 1. The lowest BCUT2D eigenvalue weighted by molar-refractivity contribution is -0.123. The van der Waals surface area contributed by atoms with Crippen molar-refractivity contribution in [1.82, 2.24) is 10.3 Å². The van der Waals surface area contributed by atoms with Crippen LogP contribution >= 0.6 is 0 Å². The van der Waals surface area contributed by atoms with Crippen molar-refractivity contribution in [2.75, 3.05) is 13.7 Å². The van der Waals surface area contributed by atoms with Gasteiger partial charge in [-0.1, -0.05) is 24.3 Å². The lowest BCUT2D eigenvalue weighted by Crippen LogP contribution is -2.28. The van der Waals surface area contributed by atoms with Crippen LogP contribution in [0.5, 0.6) is 11.6 Å². The molecule has 1 N–H and O–H groups in total. The molecule has 1 amide bonds. The van der Waals surface area contributed by atoms with Crippen molar-refractivity contribution in [2.45, 2.75) is 6.54 Å². The van der Waals surface area contributed by atoms with Crippen LogP contribution in [0.4, 0.5) is 0 Å². The largest absolute Gasteiger partial charge is 0.484 e. The molecule has 20 heavy (non-hydrogen) atoms. The predicted molar refractivity (Wildman–Crippen MR) is 74.6 cm³/mol. The van der Waals surface area contributed by atoms with Crippen LogP contribution in [-0.2, 0) is 11.3 Å². The fraction of sp³-hybridized carbons (Fsp3) is 0.200. The molecule has 0 unspecified atom stereocenters. The summed E-state index contributed by atoms with van der Waals surface area (Å²) >= 11 is 0. The molecule has 0 radical (unpaired) electrons. The van der Waals surface area contributed by atoms with Crippen LogP contribution < -0.4 is 14.8 Å². The van der Waals surface area contributed by atoms with Crippen LogP contribution in [0, 0.1) is 0 Å². The monoisotopic (exact) mass is 272 g/mol. The van der Waals surface area contributed by atoms with Gasteiger partial charge in [-0.2, -0.15) is 0 Å². The van der Waals surface area contributed by atoms with Gasteiger partial charge in [-0.25, -0.2) is 4.98 Å². The maximum absolute atomic E-state index is 11.6. The number of carbonyl (C=O) groups excluding carboxylic acids is 1. The van der Waals surface area contributed by atoms with Gasteiger partial charge in [0.15, 0.2) is 6.61 Å². The molecule has 0 atom stereocenters. The highest BCUT2D eigenvalue weighted by Crippen LogP contribution is 2.08. The quantitative estimate of drug-likeness (QED) is 0.871. The Hall–Kier alpha value is -2.56. The molecule has 2 aromatic rings. The molecule has 5 nitrogen and oxygen atoms in total. The molecule has 1 aromatic carbocycles. The van der Waals surface area contributed by atoms with Crippen LogP contribution in [0.3, 0.4) is 0 Å². The summed E-state index contributed by atoms with van der Waals surface area (Å²) in [6.45, 7) is 0.404. The highest BCUT2D eigenvalue weighted by Gasteiger charge is 2.03. The fourth-order valence-corrected chi connectivity index (χ4v) is 1.55. The molecule has 0 aliphatic heterocycles. The first kappa shape index (κ1) is 13.9. The van der Waals surface area contributed by atoms with E-state index in [4.69, 9.17) is 9.47 Å². The van der Waals surface area contributed by atoms with E-state index < -0.39 is 0 Å². The van der Waals surface area contributed by atoms with E-state index in [0.29, 0.717) is 18.2 Å². The lowest BCUT2D eigenvalue weighted by atomic mass is 10.3. The van der Waals surface area contributed by atoms with Crippen molar-refractivity contribution in [1.29, 1.82) is 0 Å². The molecular formula is C15H16N2O3. The fourth-order valence-electron chi connectivity index (χ4n) is 1.55. The van der Waals surface area contributed by atoms with Crippen LogP contribution in [0.15, 0.2) is 48.7 Å². The summed E-state index contributed by atoms with van der Waals surface area (Å²) in [4.78, 5) is 15.7. The van der Waals surface area contributed by atoms with Gasteiger partial charge in [-0.05, 0) is 17.7 Å². The Morgan fingerprint density at radius 1 is 1.20 bits per heavy atom. The molecule has 0 aliphatic rings. The molecule has 1 aromatic heterocycles. The third-order valence-electron chi connectivity index (χ3n) is 2.61. The number of carbonyl (C=O) groups is 1. The summed E-state index contributed by atoms with van der Waals surface area (Å²) in [5.41, 5.74) is 0.902. The van der Waals surface area contributed by atoms with E-state index in [1.807, 2.05) is 24.3 Å². The van der Waals surface area contributed by atoms with Crippen molar-refractivity contribution in [3.63, 3.8) is 0 Å². The van der Waals surface area contributed by atoms with Crippen LogP contribution in [0.1, 0.15) is 5.56 Å². The number of rotatable bonds is 6. The lowest BCUT2D eigenvalue weighted by Gasteiger charge is -2.07. The van der Waals surface area contributed by atoms with Crippen LogP contribution in [-0.4, -0.2) is 24.6 Å². The Balaban J connectivity index is 1.74. The molecule has 0 aliphatic carbocycles.